The highest BCUT2D eigenvalue weighted by atomic mass is 16.5. The molecule has 1 aromatic rings. The topological polar surface area (TPSA) is 93.8 Å². The third-order valence-electron chi connectivity index (χ3n) is 2.74. The molecule has 0 saturated heterocycles. The molecule has 106 valence electrons. The average Bonchev–Trinajstić information content (AvgIpc) is 2.42. The van der Waals surface area contributed by atoms with Crippen molar-refractivity contribution >= 4 is 5.97 Å². The number of hydrogen-bond acceptors (Lipinski definition) is 5. The zero-order chi connectivity index (χ0) is 14.3. The van der Waals surface area contributed by atoms with Crippen molar-refractivity contribution in [1.82, 2.24) is 5.32 Å². The standard InChI is InChI=1S/C13H20N2O4/c1-18-10-3-4-12(19-2)9(7-10)5-6-15-8-11(14)13(16)17/h3-4,7,11,15H,5-6,8,14H2,1-2H3,(H,16,17). The van der Waals surface area contributed by atoms with E-state index in [-0.39, 0.29) is 6.54 Å². The van der Waals surface area contributed by atoms with E-state index >= 15 is 0 Å². The lowest BCUT2D eigenvalue weighted by Gasteiger charge is -2.12. The molecule has 1 atom stereocenters. The fourth-order valence-electron chi connectivity index (χ4n) is 1.65. The zero-order valence-electron chi connectivity index (χ0n) is 11.2. The van der Waals surface area contributed by atoms with E-state index in [9.17, 15) is 4.79 Å². The highest BCUT2D eigenvalue weighted by molar-refractivity contribution is 5.73. The maximum atomic E-state index is 10.5. The molecule has 0 aliphatic rings. The molecule has 0 aliphatic carbocycles. The Kier molecular flexibility index (Phi) is 6.11. The van der Waals surface area contributed by atoms with E-state index in [2.05, 4.69) is 5.32 Å². The van der Waals surface area contributed by atoms with Crippen LogP contribution in [0.3, 0.4) is 0 Å². The zero-order valence-corrected chi connectivity index (χ0v) is 11.2. The van der Waals surface area contributed by atoms with Gasteiger partial charge in [0.25, 0.3) is 0 Å². The summed E-state index contributed by atoms with van der Waals surface area (Å²) in [6.07, 6.45) is 0.701. The SMILES string of the molecule is COc1ccc(OC)c(CCNCC(N)C(=O)O)c1. The molecule has 6 heteroatoms. The molecule has 0 amide bonds. The van der Waals surface area contributed by atoms with Crippen molar-refractivity contribution in [3.05, 3.63) is 23.8 Å². The first-order valence-corrected chi connectivity index (χ1v) is 5.98. The van der Waals surface area contributed by atoms with E-state index in [0.29, 0.717) is 13.0 Å². The third-order valence-corrected chi connectivity index (χ3v) is 2.74. The lowest BCUT2D eigenvalue weighted by atomic mass is 10.1. The van der Waals surface area contributed by atoms with E-state index in [1.165, 1.54) is 0 Å². The van der Waals surface area contributed by atoms with E-state index in [0.717, 1.165) is 17.1 Å². The van der Waals surface area contributed by atoms with Crippen molar-refractivity contribution in [2.75, 3.05) is 27.3 Å². The molecule has 1 unspecified atom stereocenters. The number of nitrogens with one attached hydrogen (secondary N) is 1. The molecule has 4 N–H and O–H groups in total. The Bertz CT molecular complexity index is 423. The van der Waals surface area contributed by atoms with Gasteiger partial charge >= 0.3 is 5.97 Å². The normalized spacial score (nSPS) is 11.9. The number of hydrogen-bond donors (Lipinski definition) is 3. The van der Waals surface area contributed by atoms with E-state index in [1.807, 2.05) is 18.2 Å². The first-order valence-electron chi connectivity index (χ1n) is 5.98. The minimum atomic E-state index is -1.01. The molecule has 0 bridgehead atoms. The number of methoxy groups -OCH3 is 2. The second-order valence-electron chi connectivity index (χ2n) is 4.08. The van der Waals surface area contributed by atoms with E-state index < -0.39 is 12.0 Å². The average molecular weight is 268 g/mol. The maximum Gasteiger partial charge on any atom is 0.321 e. The summed E-state index contributed by atoms with van der Waals surface area (Å²) >= 11 is 0. The van der Waals surface area contributed by atoms with Gasteiger partial charge in [0.2, 0.25) is 0 Å². The fraction of sp³-hybridized carbons (Fsp3) is 0.462. The quantitative estimate of drug-likeness (QED) is 0.585. The number of benzene rings is 1. The molecule has 0 aliphatic heterocycles. The number of carboxylic acid groups (broad SMARTS) is 1. The van der Waals surface area contributed by atoms with Crippen LogP contribution < -0.4 is 20.5 Å². The molecule has 1 rings (SSSR count). The summed E-state index contributed by atoms with van der Waals surface area (Å²) in [5.74, 6) is 0.537. The summed E-state index contributed by atoms with van der Waals surface area (Å²) in [6.45, 7) is 0.853. The Hall–Kier alpha value is -1.79. The molecule has 0 saturated carbocycles. The van der Waals surface area contributed by atoms with E-state index in [1.54, 1.807) is 14.2 Å². The van der Waals surface area contributed by atoms with Gasteiger partial charge in [-0.15, -0.1) is 0 Å². The summed E-state index contributed by atoms with van der Waals surface area (Å²) in [5, 5.41) is 11.6. The molecule has 0 radical (unpaired) electrons. The number of rotatable bonds is 8. The summed E-state index contributed by atoms with van der Waals surface area (Å²) in [5.41, 5.74) is 6.39. The lowest BCUT2D eigenvalue weighted by Crippen LogP contribution is -2.40. The van der Waals surface area contributed by atoms with Crippen molar-refractivity contribution in [2.45, 2.75) is 12.5 Å². The number of carbonyl (C=O) groups is 1. The predicted octanol–water partition coefficient (Wildman–Crippen LogP) is 0.248. The van der Waals surface area contributed by atoms with Crippen LogP contribution in [0.2, 0.25) is 0 Å². The summed E-state index contributed by atoms with van der Waals surface area (Å²) in [6, 6.07) is 4.69. The van der Waals surface area contributed by atoms with Crippen molar-refractivity contribution in [3.8, 4) is 11.5 Å². The van der Waals surface area contributed by atoms with Crippen molar-refractivity contribution in [3.63, 3.8) is 0 Å². The molecule has 0 spiro atoms. The molecule has 0 fully saturated rings. The highest BCUT2D eigenvalue weighted by Crippen LogP contribution is 2.23. The smallest absolute Gasteiger partial charge is 0.321 e. The van der Waals surface area contributed by atoms with Crippen LogP contribution in [0.25, 0.3) is 0 Å². The van der Waals surface area contributed by atoms with Gasteiger partial charge in [-0.3, -0.25) is 4.79 Å². The molecule has 19 heavy (non-hydrogen) atoms. The highest BCUT2D eigenvalue weighted by Gasteiger charge is 2.10. The van der Waals surface area contributed by atoms with Crippen molar-refractivity contribution in [2.24, 2.45) is 5.73 Å². The third kappa shape index (κ3) is 4.76. The Morgan fingerprint density at radius 2 is 2.16 bits per heavy atom. The summed E-state index contributed by atoms with van der Waals surface area (Å²) in [7, 11) is 3.22. The van der Waals surface area contributed by atoms with Gasteiger partial charge in [-0.05, 0) is 36.7 Å². The Balaban J connectivity index is 2.50. The second kappa shape index (κ2) is 7.60. The monoisotopic (exact) mass is 268 g/mol. The molecular formula is C13H20N2O4. The lowest BCUT2D eigenvalue weighted by molar-refractivity contribution is -0.138. The van der Waals surface area contributed by atoms with Crippen molar-refractivity contribution in [1.29, 1.82) is 0 Å². The number of nitrogens with two attached hydrogens (primary N) is 1. The van der Waals surface area contributed by atoms with Crippen LogP contribution in [0, 0.1) is 0 Å². The van der Waals surface area contributed by atoms with Crippen LogP contribution in [0.5, 0.6) is 11.5 Å². The number of aliphatic carboxylic acids is 1. The number of carboxylic acids is 1. The van der Waals surface area contributed by atoms with E-state index in [4.69, 9.17) is 20.3 Å². The van der Waals surface area contributed by atoms with Crippen LogP contribution in [0.15, 0.2) is 18.2 Å². The first kappa shape index (κ1) is 15.3. The second-order valence-corrected chi connectivity index (χ2v) is 4.08. The molecule has 6 nitrogen and oxygen atoms in total. The van der Waals surface area contributed by atoms with Gasteiger partial charge in [0.15, 0.2) is 0 Å². The van der Waals surface area contributed by atoms with Gasteiger partial charge in [-0.25, -0.2) is 0 Å². The van der Waals surface area contributed by atoms with Crippen LogP contribution in [-0.2, 0) is 11.2 Å². The molecule has 0 aromatic heterocycles. The van der Waals surface area contributed by atoms with Crippen LogP contribution >= 0.6 is 0 Å². The largest absolute Gasteiger partial charge is 0.497 e. The van der Waals surface area contributed by atoms with Gasteiger partial charge in [-0.1, -0.05) is 0 Å². The van der Waals surface area contributed by atoms with Gasteiger partial charge in [0.05, 0.1) is 14.2 Å². The van der Waals surface area contributed by atoms with Gasteiger partial charge in [0, 0.05) is 6.54 Å². The Labute approximate surface area is 112 Å². The molecule has 0 heterocycles. The Morgan fingerprint density at radius 1 is 1.42 bits per heavy atom. The maximum absolute atomic E-state index is 10.5. The van der Waals surface area contributed by atoms with Crippen molar-refractivity contribution < 1.29 is 19.4 Å². The van der Waals surface area contributed by atoms with Crippen LogP contribution in [-0.4, -0.2) is 44.4 Å². The summed E-state index contributed by atoms with van der Waals surface area (Å²) < 4.78 is 10.4. The van der Waals surface area contributed by atoms with Gasteiger partial charge in [0.1, 0.15) is 17.5 Å². The van der Waals surface area contributed by atoms with Gasteiger partial charge < -0.3 is 25.6 Å². The molecular weight excluding hydrogens is 248 g/mol. The Morgan fingerprint density at radius 3 is 2.74 bits per heavy atom. The van der Waals surface area contributed by atoms with Crippen LogP contribution in [0.1, 0.15) is 5.56 Å². The summed E-state index contributed by atoms with van der Waals surface area (Å²) in [4.78, 5) is 10.5. The first-order chi connectivity index (χ1) is 9.08. The molecule has 1 aromatic carbocycles. The van der Waals surface area contributed by atoms with Crippen LogP contribution in [0.4, 0.5) is 0 Å². The minimum absolute atomic E-state index is 0.238. The predicted molar refractivity (Wildman–Crippen MR) is 71.7 cm³/mol. The number of ether oxygens (including phenoxy) is 2. The van der Waals surface area contributed by atoms with Gasteiger partial charge in [-0.2, -0.15) is 0 Å². The fourth-order valence-corrected chi connectivity index (χ4v) is 1.65. The minimum Gasteiger partial charge on any atom is -0.497 e.